The number of urea groups is 1. The lowest BCUT2D eigenvalue weighted by Crippen LogP contribution is -2.59. The van der Waals surface area contributed by atoms with Crippen molar-refractivity contribution in [3.05, 3.63) is 35.4 Å². The molecule has 4 rings (SSSR count). The molecule has 4 unspecified atom stereocenters. The number of likely N-dealkylation sites (tertiary alicyclic amines) is 1. The van der Waals surface area contributed by atoms with E-state index in [0.717, 1.165) is 30.4 Å². The molecule has 3 aliphatic rings. The van der Waals surface area contributed by atoms with Gasteiger partial charge in [-0.3, -0.25) is 24.0 Å². The first kappa shape index (κ1) is 34.2. The Morgan fingerprint density at radius 3 is 2.22 bits per heavy atom. The third kappa shape index (κ3) is 8.94. The summed E-state index contributed by atoms with van der Waals surface area (Å²) in [6.45, 7) is 4.79. The SMILES string of the molecule is CC(C)(C)OC(=O)CNC(=O)NC(C(=O)N1CC(NCl)CC1C(=O)NC(CC1CCC1)C(=O)C(N)=O)C1Cc2ccccc2C1. The Bertz CT molecular complexity index is 1290. The molecule has 4 atom stereocenters. The molecule has 13 nitrogen and oxygen atoms in total. The quantitative estimate of drug-likeness (QED) is 0.125. The third-order valence-electron chi connectivity index (χ3n) is 8.63. The number of primary amides is 1. The van der Waals surface area contributed by atoms with Gasteiger partial charge in [-0.2, -0.15) is 0 Å². The van der Waals surface area contributed by atoms with Gasteiger partial charge in [-0.15, -0.1) is 0 Å². The standard InChI is InChI=1S/C31H43ClN6O7/c1-31(2,3)45-24(39)15-34-30(44)36-25(20-12-18-9-4-5-10-19(18)13-20)29(43)38-16-21(37-32)14-23(38)28(42)35-22(26(40)27(33)41)11-17-7-6-8-17/h4-5,9-10,17,20-23,25,37H,6-8,11-16H2,1-3H3,(H2,33,41)(H,35,42)(H2,34,36,44). The average Bonchev–Trinajstić information content (AvgIpc) is 3.59. The van der Waals surface area contributed by atoms with Crippen LogP contribution < -0.4 is 26.5 Å². The lowest BCUT2D eigenvalue weighted by molar-refractivity contribution is -0.153. The van der Waals surface area contributed by atoms with Crippen LogP contribution in [0.4, 0.5) is 4.79 Å². The van der Waals surface area contributed by atoms with Gasteiger partial charge in [0.2, 0.25) is 17.6 Å². The Morgan fingerprint density at radius 1 is 1.04 bits per heavy atom. The number of Topliss-reactive ketones (excluding diaryl/α,β-unsaturated/α-hetero) is 1. The van der Waals surface area contributed by atoms with E-state index < -0.39 is 71.8 Å². The molecule has 0 radical (unpaired) electrons. The molecule has 5 amide bonds. The number of ether oxygens (including phenoxy) is 1. The van der Waals surface area contributed by atoms with E-state index in [9.17, 15) is 28.8 Å². The normalized spacial score (nSPS) is 21.2. The van der Waals surface area contributed by atoms with E-state index in [1.807, 2.05) is 24.3 Å². The van der Waals surface area contributed by atoms with E-state index in [0.29, 0.717) is 12.8 Å². The fraction of sp³-hybridized carbons (Fsp3) is 0.613. The van der Waals surface area contributed by atoms with Crippen molar-refractivity contribution in [2.45, 2.75) is 95.5 Å². The number of amides is 5. The number of rotatable bonds is 12. The second kappa shape index (κ2) is 14.6. The van der Waals surface area contributed by atoms with Crippen LogP contribution in [0.1, 0.15) is 64.0 Å². The summed E-state index contributed by atoms with van der Waals surface area (Å²) in [5, 5.41) is 7.89. The van der Waals surface area contributed by atoms with Crippen LogP contribution in [0.5, 0.6) is 0 Å². The summed E-state index contributed by atoms with van der Waals surface area (Å²) >= 11 is 5.95. The molecule has 0 spiro atoms. The number of nitrogens with one attached hydrogen (secondary N) is 4. The summed E-state index contributed by atoms with van der Waals surface area (Å²) in [6.07, 6.45) is 4.23. The van der Waals surface area contributed by atoms with Crippen LogP contribution in [0.2, 0.25) is 0 Å². The number of fused-ring (bicyclic) bond motifs is 1. The van der Waals surface area contributed by atoms with E-state index in [4.69, 9.17) is 22.2 Å². The first-order valence-electron chi connectivity index (χ1n) is 15.4. The van der Waals surface area contributed by atoms with Gasteiger partial charge in [-0.05, 0) is 81.2 Å². The Kier molecular flexibility index (Phi) is 11.1. The lowest BCUT2D eigenvalue weighted by atomic mass is 9.80. The maximum atomic E-state index is 14.3. The molecule has 1 aromatic rings. The Balaban J connectivity index is 1.53. The fourth-order valence-corrected chi connectivity index (χ4v) is 6.41. The molecule has 2 aliphatic carbocycles. The molecule has 1 aliphatic heterocycles. The minimum absolute atomic E-state index is 0.0643. The number of hydrogen-bond donors (Lipinski definition) is 5. The van der Waals surface area contributed by atoms with Crippen LogP contribution in [0, 0.1) is 11.8 Å². The molecule has 1 aromatic carbocycles. The summed E-state index contributed by atoms with van der Waals surface area (Å²) in [4.78, 5) is 81.5. The van der Waals surface area contributed by atoms with Gasteiger partial charge in [0.05, 0.1) is 6.04 Å². The van der Waals surface area contributed by atoms with Gasteiger partial charge in [0, 0.05) is 12.6 Å². The van der Waals surface area contributed by atoms with Crippen molar-refractivity contribution in [3.8, 4) is 0 Å². The number of hydrogen-bond acceptors (Lipinski definition) is 8. The van der Waals surface area contributed by atoms with E-state index in [1.54, 1.807) is 20.8 Å². The molecular formula is C31H43ClN6O7. The molecular weight excluding hydrogens is 604 g/mol. The van der Waals surface area contributed by atoms with Crippen LogP contribution in [-0.4, -0.2) is 83.3 Å². The van der Waals surface area contributed by atoms with Crippen molar-refractivity contribution < 1.29 is 33.5 Å². The topological polar surface area (TPSA) is 189 Å². The van der Waals surface area contributed by atoms with Crippen molar-refractivity contribution in [2.24, 2.45) is 17.6 Å². The van der Waals surface area contributed by atoms with Gasteiger partial charge < -0.3 is 31.3 Å². The first-order chi connectivity index (χ1) is 21.3. The highest BCUT2D eigenvalue weighted by atomic mass is 35.5. The van der Waals surface area contributed by atoms with Gasteiger partial charge in [0.1, 0.15) is 24.2 Å². The molecule has 0 bridgehead atoms. The number of nitrogens with zero attached hydrogens (tertiary/aromatic N) is 1. The second-order valence-electron chi connectivity index (χ2n) is 13.2. The molecule has 6 N–H and O–H groups in total. The van der Waals surface area contributed by atoms with Crippen LogP contribution in [0.25, 0.3) is 0 Å². The van der Waals surface area contributed by atoms with Crippen molar-refractivity contribution in [1.82, 2.24) is 25.7 Å². The molecule has 1 heterocycles. The Labute approximate surface area is 267 Å². The van der Waals surface area contributed by atoms with E-state index in [1.165, 1.54) is 4.90 Å². The van der Waals surface area contributed by atoms with Crippen molar-refractivity contribution in [1.29, 1.82) is 0 Å². The average molecular weight is 647 g/mol. The summed E-state index contributed by atoms with van der Waals surface area (Å²) in [7, 11) is 0. The van der Waals surface area contributed by atoms with Crippen LogP contribution in [0.3, 0.4) is 0 Å². The molecule has 246 valence electrons. The highest BCUT2D eigenvalue weighted by Crippen LogP contribution is 2.32. The summed E-state index contributed by atoms with van der Waals surface area (Å²) in [5.74, 6) is -3.93. The van der Waals surface area contributed by atoms with Crippen molar-refractivity contribution in [3.63, 3.8) is 0 Å². The van der Waals surface area contributed by atoms with Gasteiger partial charge in [0.25, 0.3) is 5.91 Å². The van der Waals surface area contributed by atoms with Crippen molar-refractivity contribution in [2.75, 3.05) is 13.1 Å². The summed E-state index contributed by atoms with van der Waals surface area (Å²) < 4.78 is 5.25. The molecule has 14 heteroatoms. The van der Waals surface area contributed by atoms with Gasteiger partial charge in [-0.1, -0.05) is 43.5 Å². The number of nitrogens with two attached hydrogens (primary N) is 1. The predicted octanol–water partition coefficient (Wildman–Crippen LogP) is 0.853. The lowest BCUT2D eigenvalue weighted by Gasteiger charge is -2.33. The van der Waals surface area contributed by atoms with Crippen LogP contribution in [0.15, 0.2) is 24.3 Å². The predicted molar refractivity (Wildman–Crippen MR) is 164 cm³/mol. The van der Waals surface area contributed by atoms with E-state index >= 15 is 0 Å². The third-order valence-corrected chi connectivity index (χ3v) is 8.94. The Morgan fingerprint density at radius 2 is 1.69 bits per heavy atom. The highest BCUT2D eigenvalue weighted by molar-refractivity contribution is 6.37. The number of benzene rings is 1. The first-order valence-corrected chi connectivity index (χ1v) is 15.8. The number of carbonyl (C=O) groups is 6. The summed E-state index contributed by atoms with van der Waals surface area (Å²) in [5.41, 5.74) is 6.65. The number of carbonyl (C=O) groups excluding carboxylic acids is 6. The fourth-order valence-electron chi connectivity index (χ4n) is 6.25. The minimum Gasteiger partial charge on any atom is -0.459 e. The van der Waals surface area contributed by atoms with E-state index in [-0.39, 0.29) is 31.2 Å². The largest absolute Gasteiger partial charge is 0.459 e. The van der Waals surface area contributed by atoms with Crippen LogP contribution in [-0.2, 0) is 41.6 Å². The molecule has 45 heavy (non-hydrogen) atoms. The van der Waals surface area contributed by atoms with Crippen LogP contribution >= 0.6 is 11.8 Å². The molecule has 1 saturated heterocycles. The molecule has 0 aromatic heterocycles. The molecule has 1 saturated carbocycles. The number of halogens is 1. The highest BCUT2D eigenvalue weighted by Gasteiger charge is 2.45. The van der Waals surface area contributed by atoms with Crippen molar-refractivity contribution >= 4 is 47.3 Å². The monoisotopic (exact) mass is 646 g/mol. The van der Waals surface area contributed by atoms with Gasteiger partial charge in [0.15, 0.2) is 0 Å². The number of ketones is 1. The molecule has 2 fully saturated rings. The zero-order valence-electron chi connectivity index (χ0n) is 25.9. The number of esters is 1. The zero-order valence-corrected chi connectivity index (χ0v) is 26.7. The minimum atomic E-state index is -1.14. The summed E-state index contributed by atoms with van der Waals surface area (Å²) in [6, 6.07) is 3.37. The zero-order chi connectivity index (χ0) is 32.9. The maximum absolute atomic E-state index is 14.3. The second-order valence-corrected chi connectivity index (χ2v) is 13.4. The van der Waals surface area contributed by atoms with E-state index in [2.05, 4.69) is 20.8 Å². The van der Waals surface area contributed by atoms with Gasteiger partial charge in [-0.25, -0.2) is 9.63 Å². The smallest absolute Gasteiger partial charge is 0.325 e. The van der Waals surface area contributed by atoms with Gasteiger partial charge >= 0.3 is 12.0 Å². The Hall–Kier alpha value is -3.71. The maximum Gasteiger partial charge on any atom is 0.325 e.